The van der Waals surface area contributed by atoms with E-state index in [9.17, 15) is 18.4 Å². The minimum atomic E-state index is -0.903. The molecule has 1 aliphatic heterocycles. The molecule has 3 amide bonds. The van der Waals surface area contributed by atoms with E-state index in [1.165, 1.54) is 11.0 Å². The highest BCUT2D eigenvalue weighted by molar-refractivity contribution is 6.02. The molecule has 1 aliphatic rings. The number of urea groups is 1. The van der Waals surface area contributed by atoms with Crippen LogP contribution in [0.2, 0.25) is 0 Å². The van der Waals surface area contributed by atoms with Gasteiger partial charge in [0.2, 0.25) is 5.95 Å². The lowest BCUT2D eigenvalue weighted by molar-refractivity contribution is 0.0827. The number of benzene rings is 2. The molecule has 194 valence electrons. The number of aryl methyl sites for hydroxylation is 1. The Bertz CT molecular complexity index is 1340. The van der Waals surface area contributed by atoms with Crippen LogP contribution in [-0.2, 0) is 6.54 Å². The van der Waals surface area contributed by atoms with Gasteiger partial charge in [0.25, 0.3) is 5.91 Å². The molecule has 2 heterocycles. The fraction of sp³-hybridized carbons (Fsp3) is 0.308. The van der Waals surface area contributed by atoms with Gasteiger partial charge in [-0.15, -0.1) is 0 Å². The normalized spacial score (nSPS) is 12.9. The molecule has 0 radical (unpaired) electrons. The summed E-state index contributed by atoms with van der Waals surface area (Å²) in [5, 5.41) is 5.82. The molecule has 0 unspecified atom stereocenters. The van der Waals surface area contributed by atoms with Crippen LogP contribution in [-0.4, -0.2) is 73.0 Å². The molecule has 2 N–H and O–H groups in total. The number of aromatic nitrogens is 2. The van der Waals surface area contributed by atoms with Gasteiger partial charge in [-0.1, -0.05) is 12.1 Å². The van der Waals surface area contributed by atoms with Crippen LogP contribution in [0, 0.1) is 18.6 Å². The number of hydrogen-bond acceptors (Lipinski definition) is 6. The Morgan fingerprint density at radius 1 is 1.11 bits per heavy atom. The molecule has 2 aromatic carbocycles. The standard InChI is InChI=1S/C26H29F2N7O2/c1-15-9-10-16(24(36)34(4)5)13-17(15)21-18-14-30-26(37)35(22-19(27)7-6-8-20(22)28)23(18)32-25(31-21)29-11-12-33(2)3/h6-10,13H,11-12,14H2,1-5H3,(H,30,37)(H,29,31,32). The van der Waals surface area contributed by atoms with Crippen molar-refractivity contribution in [2.45, 2.75) is 13.5 Å². The van der Waals surface area contributed by atoms with Gasteiger partial charge in [-0.2, -0.15) is 4.98 Å². The average molecular weight is 510 g/mol. The van der Waals surface area contributed by atoms with E-state index in [2.05, 4.69) is 15.6 Å². The topological polar surface area (TPSA) is 93.7 Å². The third kappa shape index (κ3) is 5.21. The number of fused-ring (bicyclic) bond motifs is 1. The summed E-state index contributed by atoms with van der Waals surface area (Å²) in [4.78, 5) is 39.2. The van der Waals surface area contributed by atoms with Crippen LogP contribution in [0.1, 0.15) is 21.5 Å². The molecule has 11 heteroatoms. The van der Waals surface area contributed by atoms with Crippen molar-refractivity contribution in [3.05, 3.63) is 64.7 Å². The summed E-state index contributed by atoms with van der Waals surface area (Å²) in [5.41, 5.74) is 2.32. The maximum absolute atomic E-state index is 14.8. The average Bonchev–Trinajstić information content (AvgIpc) is 2.84. The first kappa shape index (κ1) is 26.0. The highest BCUT2D eigenvalue weighted by atomic mass is 19.1. The van der Waals surface area contributed by atoms with E-state index < -0.39 is 23.4 Å². The van der Waals surface area contributed by atoms with Gasteiger partial charge < -0.3 is 20.4 Å². The molecule has 0 saturated heterocycles. The zero-order valence-electron chi connectivity index (χ0n) is 21.4. The number of rotatable bonds is 7. The predicted octanol–water partition coefficient (Wildman–Crippen LogP) is 3.77. The van der Waals surface area contributed by atoms with Gasteiger partial charge in [0, 0.05) is 43.9 Å². The molecule has 3 aromatic rings. The summed E-state index contributed by atoms with van der Waals surface area (Å²) in [6.45, 7) is 3.08. The zero-order chi connectivity index (χ0) is 26.9. The number of carbonyl (C=O) groups is 2. The van der Waals surface area contributed by atoms with Crippen molar-refractivity contribution in [3.63, 3.8) is 0 Å². The fourth-order valence-electron chi connectivity index (χ4n) is 4.03. The lowest BCUT2D eigenvalue weighted by Crippen LogP contribution is -2.43. The smallest absolute Gasteiger partial charge is 0.328 e. The summed E-state index contributed by atoms with van der Waals surface area (Å²) >= 11 is 0. The van der Waals surface area contributed by atoms with Crippen LogP contribution < -0.4 is 15.5 Å². The van der Waals surface area contributed by atoms with Gasteiger partial charge in [-0.25, -0.2) is 23.5 Å². The molecule has 0 bridgehead atoms. The molecule has 9 nitrogen and oxygen atoms in total. The number of anilines is 3. The second-order valence-corrected chi connectivity index (χ2v) is 9.22. The monoisotopic (exact) mass is 509 g/mol. The number of para-hydroxylation sites is 1. The third-order valence-electron chi connectivity index (χ3n) is 5.97. The largest absolute Gasteiger partial charge is 0.353 e. The van der Waals surface area contributed by atoms with Gasteiger partial charge in [0.1, 0.15) is 17.3 Å². The van der Waals surface area contributed by atoms with Gasteiger partial charge in [-0.3, -0.25) is 4.79 Å². The number of likely N-dealkylation sites (N-methyl/N-ethyl adjacent to an activating group) is 1. The fourth-order valence-corrected chi connectivity index (χ4v) is 4.03. The van der Waals surface area contributed by atoms with E-state index >= 15 is 0 Å². The second-order valence-electron chi connectivity index (χ2n) is 9.22. The summed E-state index contributed by atoms with van der Waals surface area (Å²) in [7, 11) is 7.17. The maximum Gasteiger partial charge on any atom is 0.328 e. The predicted molar refractivity (Wildman–Crippen MR) is 138 cm³/mol. The lowest BCUT2D eigenvalue weighted by Gasteiger charge is -2.31. The van der Waals surface area contributed by atoms with Crippen molar-refractivity contribution < 1.29 is 18.4 Å². The molecular weight excluding hydrogens is 480 g/mol. The van der Waals surface area contributed by atoms with Crippen molar-refractivity contribution in [1.29, 1.82) is 0 Å². The summed E-state index contributed by atoms with van der Waals surface area (Å²) in [6.07, 6.45) is 0. The van der Waals surface area contributed by atoms with Crippen molar-refractivity contribution in [2.24, 2.45) is 0 Å². The van der Waals surface area contributed by atoms with Crippen molar-refractivity contribution in [3.8, 4) is 11.3 Å². The summed E-state index contributed by atoms with van der Waals surface area (Å²) in [5.74, 6) is -1.73. The minimum Gasteiger partial charge on any atom is -0.353 e. The van der Waals surface area contributed by atoms with E-state index in [1.54, 1.807) is 26.2 Å². The first-order valence-electron chi connectivity index (χ1n) is 11.7. The van der Waals surface area contributed by atoms with Gasteiger partial charge in [-0.05, 0) is 50.8 Å². The van der Waals surface area contributed by atoms with E-state index in [-0.39, 0.29) is 24.2 Å². The molecule has 0 fully saturated rings. The van der Waals surface area contributed by atoms with E-state index in [0.717, 1.165) is 22.6 Å². The van der Waals surface area contributed by atoms with E-state index in [4.69, 9.17) is 4.98 Å². The minimum absolute atomic E-state index is 0.0410. The van der Waals surface area contributed by atoms with Crippen LogP contribution >= 0.6 is 0 Å². The van der Waals surface area contributed by atoms with E-state index in [0.29, 0.717) is 35.5 Å². The Balaban J connectivity index is 1.94. The molecule has 0 atom stereocenters. The maximum atomic E-state index is 14.8. The zero-order valence-corrected chi connectivity index (χ0v) is 21.4. The quantitative estimate of drug-likeness (QED) is 0.504. The Labute approximate surface area is 214 Å². The van der Waals surface area contributed by atoms with E-state index in [1.807, 2.05) is 32.0 Å². The number of hydrogen-bond donors (Lipinski definition) is 2. The number of carbonyl (C=O) groups excluding carboxylic acids is 2. The SMILES string of the molecule is Cc1ccc(C(=O)N(C)C)cc1-c1nc(NCCN(C)C)nc2c1CNC(=O)N2c1c(F)cccc1F. The Hall–Kier alpha value is -4.12. The second kappa shape index (κ2) is 10.5. The van der Waals surface area contributed by atoms with Crippen LogP contribution in [0.25, 0.3) is 11.3 Å². The van der Waals surface area contributed by atoms with Gasteiger partial charge in [0.15, 0.2) is 5.82 Å². The van der Waals surface area contributed by atoms with Crippen LogP contribution in [0.5, 0.6) is 0 Å². The first-order valence-corrected chi connectivity index (χ1v) is 11.7. The van der Waals surface area contributed by atoms with Gasteiger partial charge >= 0.3 is 6.03 Å². The number of amides is 3. The molecule has 0 saturated carbocycles. The molecule has 0 aliphatic carbocycles. The van der Waals surface area contributed by atoms with Crippen LogP contribution in [0.3, 0.4) is 0 Å². The number of nitrogens with zero attached hydrogens (tertiary/aromatic N) is 5. The molecule has 4 rings (SSSR count). The Morgan fingerprint density at radius 3 is 2.46 bits per heavy atom. The Morgan fingerprint density at radius 2 is 1.81 bits per heavy atom. The molecule has 1 aromatic heterocycles. The first-order chi connectivity index (χ1) is 17.6. The summed E-state index contributed by atoms with van der Waals surface area (Å²) in [6, 6.07) is 7.95. The van der Waals surface area contributed by atoms with Crippen molar-refractivity contribution >= 4 is 29.4 Å². The third-order valence-corrected chi connectivity index (χ3v) is 5.97. The van der Waals surface area contributed by atoms with Crippen molar-refractivity contribution in [2.75, 3.05) is 51.5 Å². The molecule has 37 heavy (non-hydrogen) atoms. The Kier molecular flexibility index (Phi) is 7.35. The van der Waals surface area contributed by atoms with Crippen LogP contribution in [0.15, 0.2) is 36.4 Å². The van der Waals surface area contributed by atoms with Gasteiger partial charge in [0.05, 0.1) is 12.2 Å². The molecule has 0 spiro atoms. The molecular formula is C26H29F2N7O2. The highest BCUT2D eigenvalue weighted by Gasteiger charge is 2.34. The summed E-state index contributed by atoms with van der Waals surface area (Å²) < 4.78 is 29.7. The van der Waals surface area contributed by atoms with Crippen LogP contribution in [0.4, 0.5) is 31.0 Å². The highest BCUT2D eigenvalue weighted by Crippen LogP contribution is 2.39. The number of halogens is 2. The number of nitrogens with one attached hydrogen (secondary N) is 2. The lowest BCUT2D eigenvalue weighted by atomic mass is 9.97. The van der Waals surface area contributed by atoms with Crippen molar-refractivity contribution in [1.82, 2.24) is 25.1 Å².